The second kappa shape index (κ2) is 5.80. The van der Waals surface area contributed by atoms with Crippen molar-refractivity contribution in [2.45, 2.75) is 12.6 Å². The molecule has 1 aliphatic carbocycles. The lowest BCUT2D eigenvalue weighted by molar-refractivity contribution is -0.117. The van der Waals surface area contributed by atoms with Crippen LogP contribution >= 0.6 is 0 Å². The van der Waals surface area contributed by atoms with Crippen molar-refractivity contribution in [1.82, 2.24) is 15.0 Å². The molecule has 6 nitrogen and oxygen atoms in total. The van der Waals surface area contributed by atoms with Crippen molar-refractivity contribution in [2.75, 3.05) is 12.4 Å². The van der Waals surface area contributed by atoms with Crippen molar-refractivity contribution >= 4 is 22.8 Å². The molecule has 0 unspecified atom stereocenters. The number of aromatic nitrogens is 3. The average molecular weight is 344 g/mol. The summed E-state index contributed by atoms with van der Waals surface area (Å²) >= 11 is 0. The maximum atomic E-state index is 13.6. The number of hydrogen-bond donors (Lipinski definition) is 2. The first kappa shape index (κ1) is 15.5. The van der Waals surface area contributed by atoms with Crippen molar-refractivity contribution in [1.29, 1.82) is 0 Å². The number of nitrogens with zero attached hydrogens (tertiary/aromatic N) is 2. The molecule has 25 heavy (non-hydrogen) atoms. The van der Waals surface area contributed by atoms with Crippen LogP contribution in [-0.2, 0) is 4.79 Å². The molecule has 0 spiro atoms. The van der Waals surface area contributed by atoms with E-state index in [1.54, 1.807) is 18.3 Å². The van der Waals surface area contributed by atoms with Crippen LogP contribution in [0.15, 0.2) is 30.6 Å². The third kappa shape index (κ3) is 2.79. The lowest BCUT2D eigenvalue weighted by atomic mass is 10.1. The third-order valence-corrected chi connectivity index (χ3v) is 4.14. The Bertz CT molecular complexity index is 972. The minimum Gasteiger partial charge on any atom is -0.481 e. The Labute approximate surface area is 141 Å². The normalized spacial score (nSPS) is 19.0. The standard InChI is InChI=1S/C17H14F2N4O2/c1-25-17-10(4-8(18)6-21-17)12-7-20-15-9(12)2-3-14(22-15)23-16(24)11-5-13(11)19/h2-4,6-7,11,13H,5H2,1H3,(H2,20,22,23,24)/t11-,13+/m1/s1. The molecule has 2 N–H and O–H groups in total. The van der Waals surface area contributed by atoms with Gasteiger partial charge in [-0.2, -0.15) is 0 Å². The molecule has 0 aromatic carbocycles. The topological polar surface area (TPSA) is 79.9 Å². The molecule has 4 rings (SSSR count). The van der Waals surface area contributed by atoms with Crippen LogP contribution in [0, 0.1) is 11.7 Å². The highest BCUT2D eigenvalue weighted by atomic mass is 19.1. The van der Waals surface area contributed by atoms with E-state index in [-0.39, 0.29) is 12.3 Å². The van der Waals surface area contributed by atoms with Gasteiger partial charge in [-0.15, -0.1) is 0 Å². The summed E-state index contributed by atoms with van der Waals surface area (Å²) in [6, 6.07) is 4.69. The molecule has 1 amide bonds. The van der Waals surface area contributed by atoms with E-state index in [0.29, 0.717) is 28.5 Å². The fourth-order valence-corrected chi connectivity index (χ4v) is 2.73. The van der Waals surface area contributed by atoms with Crippen molar-refractivity contribution in [3.63, 3.8) is 0 Å². The fourth-order valence-electron chi connectivity index (χ4n) is 2.73. The van der Waals surface area contributed by atoms with Gasteiger partial charge in [0.25, 0.3) is 0 Å². The molecule has 3 aromatic rings. The van der Waals surface area contributed by atoms with Crippen LogP contribution in [-0.4, -0.2) is 34.1 Å². The van der Waals surface area contributed by atoms with Crippen LogP contribution in [0.5, 0.6) is 5.88 Å². The molecule has 3 aromatic heterocycles. The predicted molar refractivity (Wildman–Crippen MR) is 87.5 cm³/mol. The zero-order valence-corrected chi connectivity index (χ0v) is 13.2. The van der Waals surface area contributed by atoms with Crippen LogP contribution in [0.1, 0.15) is 6.42 Å². The number of anilines is 1. The van der Waals surface area contributed by atoms with Crippen molar-refractivity contribution in [3.05, 3.63) is 36.4 Å². The van der Waals surface area contributed by atoms with Crippen LogP contribution in [0.2, 0.25) is 0 Å². The summed E-state index contributed by atoms with van der Waals surface area (Å²) in [5.74, 6) is -0.814. The number of rotatable bonds is 4. The summed E-state index contributed by atoms with van der Waals surface area (Å²) in [6.45, 7) is 0. The summed E-state index contributed by atoms with van der Waals surface area (Å²) in [4.78, 5) is 23.0. The lowest BCUT2D eigenvalue weighted by Crippen LogP contribution is -2.15. The summed E-state index contributed by atoms with van der Waals surface area (Å²) in [7, 11) is 1.46. The molecule has 2 atom stereocenters. The van der Waals surface area contributed by atoms with E-state index in [0.717, 1.165) is 11.6 Å². The fraction of sp³-hybridized carbons (Fsp3) is 0.235. The maximum Gasteiger partial charge on any atom is 0.231 e. The summed E-state index contributed by atoms with van der Waals surface area (Å²) in [5, 5.41) is 3.32. The lowest BCUT2D eigenvalue weighted by Gasteiger charge is -2.07. The molecule has 3 heterocycles. The predicted octanol–water partition coefficient (Wildman–Crippen LogP) is 3.07. The van der Waals surface area contributed by atoms with E-state index in [4.69, 9.17) is 4.74 Å². The summed E-state index contributed by atoms with van der Waals surface area (Å²) in [6.07, 6.45) is 1.95. The van der Waals surface area contributed by atoms with Crippen LogP contribution < -0.4 is 10.1 Å². The number of nitrogens with one attached hydrogen (secondary N) is 2. The second-order valence-electron chi connectivity index (χ2n) is 5.85. The van der Waals surface area contributed by atoms with Gasteiger partial charge in [0.05, 0.1) is 19.2 Å². The van der Waals surface area contributed by atoms with E-state index < -0.39 is 17.9 Å². The number of H-pyrrole nitrogens is 1. The van der Waals surface area contributed by atoms with Gasteiger partial charge in [0.1, 0.15) is 23.5 Å². The molecule has 1 fully saturated rings. The molecular formula is C17H14F2N4O2. The van der Waals surface area contributed by atoms with Crippen LogP contribution in [0.3, 0.4) is 0 Å². The smallest absolute Gasteiger partial charge is 0.231 e. The van der Waals surface area contributed by atoms with Gasteiger partial charge >= 0.3 is 0 Å². The minimum absolute atomic E-state index is 0.257. The Morgan fingerprint density at radius 2 is 2.20 bits per heavy atom. The molecule has 128 valence electrons. The first-order valence-electron chi connectivity index (χ1n) is 7.70. The highest BCUT2D eigenvalue weighted by molar-refractivity contribution is 5.98. The Kier molecular flexibility index (Phi) is 3.60. The SMILES string of the molecule is COc1ncc(F)cc1-c1c[nH]c2nc(NC(=O)[C@@H]3C[C@@H]3F)ccc12. The number of amides is 1. The number of alkyl halides is 1. The van der Waals surface area contributed by atoms with Crippen molar-refractivity contribution in [2.24, 2.45) is 5.92 Å². The van der Waals surface area contributed by atoms with Gasteiger partial charge in [-0.3, -0.25) is 4.79 Å². The molecule has 1 aliphatic rings. The van der Waals surface area contributed by atoms with Gasteiger partial charge in [0.2, 0.25) is 11.8 Å². The number of hydrogen-bond acceptors (Lipinski definition) is 4. The highest BCUT2D eigenvalue weighted by Gasteiger charge is 2.43. The Morgan fingerprint density at radius 1 is 1.40 bits per heavy atom. The molecule has 0 aliphatic heterocycles. The zero-order chi connectivity index (χ0) is 17.6. The third-order valence-electron chi connectivity index (χ3n) is 4.14. The summed E-state index contributed by atoms with van der Waals surface area (Å²) < 4.78 is 31.7. The van der Waals surface area contributed by atoms with E-state index >= 15 is 0 Å². The number of carbonyl (C=O) groups is 1. The number of methoxy groups -OCH3 is 1. The molecule has 0 radical (unpaired) electrons. The van der Waals surface area contributed by atoms with Gasteiger partial charge in [0.15, 0.2) is 0 Å². The van der Waals surface area contributed by atoms with Crippen molar-refractivity contribution < 1.29 is 18.3 Å². The highest BCUT2D eigenvalue weighted by Crippen LogP contribution is 2.36. The van der Waals surface area contributed by atoms with Gasteiger partial charge in [0, 0.05) is 22.7 Å². The zero-order valence-electron chi connectivity index (χ0n) is 13.2. The van der Waals surface area contributed by atoms with Gasteiger partial charge < -0.3 is 15.0 Å². The maximum absolute atomic E-state index is 13.6. The second-order valence-corrected chi connectivity index (χ2v) is 5.85. The van der Waals surface area contributed by atoms with Gasteiger partial charge in [-0.05, 0) is 24.6 Å². The van der Waals surface area contributed by atoms with Crippen LogP contribution in [0.4, 0.5) is 14.6 Å². The van der Waals surface area contributed by atoms with Gasteiger partial charge in [-0.25, -0.2) is 18.7 Å². The Hall–Kier alpha value is -3.03. The number of carbonyl (C=O) groups excluding carboxylic acids is 1. The first-order valence-corrected chi connectivity index (χ1v) is 7.70. The quantitative estimate of drug-likeness (QED) is 0.762. The molecule has 0 saturated heterocycles. The Balaban J connectivity index is 1.69. The van der Waals surface area contributed by atoms with E-state index in [9.17, 15) is 13.6 Å². The number of aromatic amines is 1. The summed E-state index contributed by atoms with van der Waals surface area (Å²) in [5.41, 5.74) is 1.67. The van der Waals surface area contributed by atoms with E-state index in [1.807, 2.05) is 0 Å². The monoisotopic (exact) mass is 344 g/mol. The van der Waals surface area contributed by atoms with E-state index in [2.05, 4.69) is 20.3 Å². The Morgan fingerprint density at radius 3 is 2.92 bits per heavy atom. The molecule has 8 heteroatoms. The molecule has 1 saturated carbocycles. The van der Waals surface area contributed by atoms with Gasteiger partial charge in [-0.1, -0.05) is 0 Å². The molecule has 0 bridgehead atoms. The number of fused-ring (bicyclic) bond motifs is 1. The van der Waals surface area contributed by atoms with E-state index in [1.165, 1.54) is 13.2 Å². The first-order chi connectivity index (χ1) is 12.1. The minimum atomic E-state index is -1.06. The number of pyridine rings is 2. The largest absolute Gasteiger partial charge is 0.481 e. The number of halogens is 2. The average Bonchev–Trinajstić information content (AvgIpc) is 3.19. The number of ether oxygens (including phenoxy) is 1. The van der Waals surface area contributed by atoms with Crippen LogP contribution in [0.25, 0.3) is 22.2 Å². The molecular weight excluding hydrogens is 330 g/mol. The van der Waals surface area contributed by atoms with Crippen molar-refractivity contribution in [3.8, 4) is 17.0 Å².